The van der Waals surface area contributed by atoms with Gasteiger partial charge in [-0.1, -0.05) is 20.8 Å². The van der Waals surface area contributed by atoms with Crippen LogP contribution in [0.2, 0.25) is 18.1 Å². The number of amides is 1. The molecule has 2 saturated heterocycles. The second kappa shape index (κ2) is 6.01. The van der Waals surface area contributed by atoms with E-state index in [1.807, 2.05) is 11.8 Å². The molecule has 4 nitrogen and oxygen atoms in total. The molecule has 0 aliphatic carbocycles. The summed E-state index contributed by atoms with van der Waals surface area (Å²) in [6.07, 6.45) is 2.54. The number of fused-ring (bicyclic) bond motifs is 1. The van der Waals surface area contributed by atoms with Crippen LogP contribution in [-0.4, -0.2) is 44.6 Å². The molecule has 5 heteroatoms. The Labute approximate surface area is 130 Å². The predicted molar refractivity (Wildman–Crippen MR) is 86.5 cm³/mol. The number of rotatable bonds is 5. The smallest absolute Gasteiger partial charge is 0.224 e. The minimum Gasteiger partial charge on any atom is -0.416 e. The fourth-order valence-electron chi connectivity index (χ4n) is 3.14. The van der Waals surface area contributed by atoms with Crippen LogP contribution < -0.4 is 0 Å². The zero-order chi connectivity index (χ0) is 15.8. The minimum atomic E-state index is -1.72. The van der Waals surface area contributed by atoms with Gasteiger partial charge in [-0.3, -0.25) is 4.79 Å². The molecule has 2 aliphatic heterocycles. The van der Waals surface area contributed by atoms with Crippen LogP contribution in [0.3, 0.4) is 0 Å². The molecule has 21 heavy (non-hydrogen) atoms. The summed E-state index contributed by atoms with van der Waals surface area (Å²) in [5.41, 5.74) is 0. The van der Waals surface area contributed by atoms with E-state index in [1.54, 1.807) is 0 Å². The Kier molecular flexibility index (Phi) is 4.86. The number of nitrogens with zero attached hydrogens (tertiary/aromatic N) is 1. The Morgan fingerprint density at radius 1 is 1.33 bits per heavy atom. The average Bonchev–Trinajstić information content (AvgIpc) is 2.89. The lowest BCUT2D eigenvalue weighted by atomic mass is 9.99. The Morgan fingerprint density at radius 2 is 2.00 bits per heavy atom. The maximum absolute atomic E-state index is 12.1. The van der Waals surface area contributed by atoms with Crippen LogP contribution >= 0.6 is 0 Å². The standard InChI is InChI=1S/C16H31NO3Si/c1-7-19-15-10-12(13-8-9-14(18)17(13)15)11-20-21(5,6)16(2,3)4/h12-13,15H,7-11H2,1-6H3/t12-,13+,15-/m1/s1. The number of carbonyl (C=O) groups excluding carboxylic acids is 1. The molecule has 0 unspecified atom stereocenters. The van der Waals surface area contributed by atoms with Crippen LogP contribution in [0.1, 0.15) is 47.0 Å². The average molecular weight is 314 g/mol. The second-order valence-electron chi connectivity index (χ2n) is 7.88. The second-order valence-corrected chi connectivity index (χ2v) is 12.7. The van der Waals surface area contributed by atoms with Gasteiger partial charge >= 0.3 is 0 Å². The Balaban J connectivity index is 2.00. The van der Waals surface area contributed by atoms with Gasteiger partial charge in [0.15, 0.2) is 8.32 Å². The zero-order valence-corrected chi connectivity index (χ0v) is 15.4. The van der Waals surface area contributed by atoms with Crippen molar-refractivity contribution in [2.45, 2.75) is 77.4 Å². The van der Waals surface area contributed by atoms with Crippen molar-refractivity contribution in [2.75, 3.05) is 13.2 Å². The van der Waals surface area contributed by atoms with Gasteiger partial charge in [0.2, 0.25) is 5.91 Å². The molecular formula is C16H31NO3Si. The monoisotopic (exact) mass is 313 g/mol. The first-order valence-electron chi connectivity index (χ1n) is 8.24. The highest BCUT2D eigenvalue weighted by Crippen LogP contribution is 2.41. The number of hydrogen-bond acceptors (Lipinski definition) is 3. The molecule has 3 atom stereocenters. The normalized spacial score (nSPS) is 30.1. The molecule has 0 spiro atoms. The molecule has 2 heterocycles. The largest absolute Gasteiger partial charge is 0.416 e. The molecule has 0 radical (unpaired) electrons. The summed E-state index contributed by atoms with van der Waals surface area (Å²) in [4.78, 5) is 14.1. The van der Waals surface area contributed by atoms with Crippen LogP contribution in [0.15, 0.2) is 0 Å². The van der Waals surface area contributed by atoms with E-state index >= 15 is 0 Å². The SMILES string of the molecule is CCO[C@@H]1C[C@H](CO[Si](C)(C)C(C)(C)C)[C@@H]2CCC(=O)N12. The van der Waals surface area contributed by atoms with Crippen LogP contribution in [0.5, 0.6) is 0 Å². The van der Waals surface area contributed by atoms with Crippen molar-refractivity contribution in [3.63, 3.8) is 0 Å². The van der Waals surface area contributed by atoms with Crippen molar-refractivity contribution in [3.8, 4) is 0 Å². The van der Waals surface area contributed by atoms with Gasteiger partial charge in [0, 0.05) is 31.6 Å². The van der Waals surface area contributed by atoms with Crippen LogP contribution in [0.25, 0.3) is 0 Å². The van der Waals surface area contributed by atoms with Crippen LogP contribution in [0, 0.1) is 5.92 Å². The summed E-state index contributed by atoms with van der Waals surface area (Å²) >= 11 is 0. The van der Waals surface area contributed by atoms with Gasteiger partial charge in [-0.2, -0.15) is 0 Å². The third kappa shape index (κ3) is 3.35. The molecular weight excluding hydrogens is 282 g/mol. The third-order valence-electron chi connectivity index (χ3n) is 5.48. The van der Waals surface area contributed by atoms with E-state index in [4.69, 9.17) is 9.16 Å². The van der Waals surface area contributed by atoms with E-state index in [0.717, 1.165) is 19.4 Å². The van der Waals surface area contributed by atoms with Crippen molar-refractivity contribution >= 4 is 14.2 Å². The molecule has 0 saturated carbocycles. The molecule has 0 aromatic heterocycles. The fraction of sp³-hybridized carbons (Fsp3) is 0.938. The van der Waals surface area contributed by atoms with Gasteiger partial charge in [0.25, 0.3) is 0 Å². The molecule has 2 aliphatic rings. The Morgan fingerprint density at radius 3 is 2.57 bits per heavy atom. The number of hydrogen-bond donors (Lipinski definition) is 0. The van der Waals surface area contributed by atoms with E-state index < -0.39 is 8.32 Å². The molecule has 0 aromatic carbocycles. The van der Waals surface area contributed by atoms with Gasteiger partial charge in [-0.15, -0.1) is 0 Å². The van der Waals surface area contributed by atoms with E-state index in [2.05, 4.69) is 33.9 Å². The lowest BCUT2D eigenvalue weighted by molar-refractivity contribution is -0.139. The van der Waals surface area contributed by atoms with Gasteiger partial charge in [0.05, 0.1) is 0 Å². The van der Waals surface area contributed by atoms with E-state index in [0.29, 0.717) is 25.0 Å². The maximum atomic E-state index is 12.1. The van der Waals surface area contributed by atoms with Gasteiger partial charge in [-0.05, 0) is 37.9 Å². The van der Waals surface area contributed by atoms with Crippen LogP contribution in [0.4, 0.5) is 0 Å². The summed E-state index contributed by atoms with van der Waals surface area (Å²) in [6, 6.07) is 0.332. The molecule has 0 N–H and O–H groups in total. The highest BCUT2D eigenvalue weighted by atomic mass is 28.4. The highest BCUT2D eigenvalue weighted by molar-refractivity contribution is 6.74. The molecule has 122 valence electrons. The van der Waals surface area contributed by atoms with E-state index in [1.165, 1.54) is 0 Å². The van der Waals surface area contributed by atoms with Crippen molar-refractivity contribution in [3.05, 3.63) is 0 Å². The topological polar surface area (TPSA) is 38.8 Å². The fourth-order valence-corrected chi connectivity index (χ4v) is 4.21. The first-order valence-corrected chi connectivity index (χ1v) is 11.1. The Bertz CT molecular complexity index is 391. The molecule has 2 rings (SSSR count). The van der Waals surface area contributed by atoms with E-state index in [9.17, 15) is 4.79 Å². The lowest BCUT2D eigenvalue weighted by Crippen LogP contribution is -2.43. The number of carbonyl (C=O) groups is 1. The van der Waals surface area contributed by atoms with Gasteiger partial charge in [-0.25, -0.2) is 0 Å². The van der Waals surface area contributed by atoms with E-state index in [-0.39, 0.29) is 17.2 Å². The van der Waals surface area contributed by atoms with Gasteiger partial charge in [0.1, 0.15) is 6.23 Å². The quantitative estimate of drug-likeness (QED) is 0.730. The summed E-state index contributed by atoms with van der Waals surface area (Å²) in [6.45, 7) is 14.8. The van der Waals surface area contributed by atoms with Gasteiger partial charge < -0.3 is 14.1 Å². The highest BCUT2D eigenvalue weighted by Gasteiger charge is 2.48. The summed E-state index contributed by atoms with van der Waals surface area (Å²) in [5, 5.41) is 0.232. The zero-order valence-electron chi connectivity index (χ0n) is 14.4. The molecule has 2 fully saturated rings. The molecule has 1 amide bonds. The minimum absolute atomic E-state index is 0.0250. The maximum Gasteiger partial charge on any atom is 0.224 e. The van der Waals surface area contributed by atoms with Crippen molar-refractivity contribution in [2.24, 2.45) is 5.92 Å². The summed E-state index contributed by atoms with van der Waals surface area (Å²) < 4.78 is 12.2. The number of ether oxygens (including phenoxy) is 1. The van der Waals surface area contributed by atoms with Crippen molar-refractivity contribution < 1.29 is 14.0 Å². The summed E-state index contributed by atoms with van der Waals surface area (Å²) in [7, 11) is -1.72. The Hall–Kier alpha value is -0.393. The molecule has 0 aromatic rings. The predicted octanol–water partition coefficient (Wildman–Crippen LogP) is 3.38. The molecule has 0 bridgehead atoms. The first-order chi connectivity index (χ1) is 9.67. The van der Waals surface area contributed by atoms with Crippen LogP contribution in [-0.2, 0) is 14.0 Å². The lowest BCUT2D eigenvalue weighted by Gasteiger charge is -2.37. The summed E-state index contributed by atoms with van der Waals surface area (Å²) in [5.74, 6) is 0.690. The third-order valence-corrected chi connectivity index (χ3v) is 9.98. The first kappa shape index (κ1) is 17.0. The van der Waals surface area contributed by atoms with Crippen molar-refractivity contribution in [1.29, 1.82) is 0 Å². The van der Waals surface area contributed by atoms with Crippen molar-refractivity contribution in [1.82, 2.24) is 4.90 Å².